The first-order valence-corrected chi connectivity index (χ1v) is 7.19. The standard InChI is InChI=1S/C11H23NO2S/c1-11(2,9-12)5-7-15(13)8-10-4-3-6-14-10/h10H,3-9,12H2,1-2H3. The molecule has 1 saturated heterocycles. The van der Waals surface area contributed by atoms with E-state index in [2.05, 4.69) is 13.8 Å². The summed E-state index contributed by atoms with van der Waals surface area (Å²) in [6, 6.07) is 0. The molecule has 90 valence electrons. The van der Waals surface area contributed by atoms with Gasteiger partial charge in [-0.25, -0.2) is 0 Å². The molecule has 0 radical (unpaired) electrons. The molecule has 1 fully saturated rings. The average Bonchev–Trinajstić information content (AvgIpc) is 2.68. The maximum Gasteiger partial charge on any atom is 0.0691 e. The Balaban J connectivity index is 2.18. The van der Waals surface area contributed by atoms with Gasteiger partial charge in [0.1, 0.15) is 0 Å². The second-order valence-electron chi connectivity index (χ2n) is 5.06. The second-order valence-corrected chi connectivity index (χ2v) is 6.69. The third-order valence-electron chi connectivity index (χ3n) is 2.95. The highest BCUT2D eigenvalue weighted by molar-refractivity contribution is 7.85. The smallest absolute Gasteiger partial charge is 0.0691 e. The molecule has 0 aromatic carbocycles. The van der Waals surface area contributed by atoms with Crippen molar-refractivity contribution in [3.05, 3.63) is 0 Å². The predicted octanol–water partition coefficient (Wildman–Crippen LogP) is 1.29. The van der Waals surface area contributed by atoms with Crippen LogP contribution in [-0.2, 0) is 15.5 Å². The first kappa shape index (κ1) is 13.1. The van der Waals surface area contributed by atoms with Crippen LogP contribution < -0.4 is 5.73 Å². The van der Waals surface area contributed by atoms with Gasteiger partial charge in [-0.1, -0.05) is 13.8 Å². The molecule has 0 saturated carbocycles. The molecule has 15 heavy (non-hydrogen) atoms. The van der Waals surface area contributed by atoms with Crippen molar-refractivity contribution in [2.75, 3.05) is 24.7 Å². The van der Waals surface area contributed by atoms with Crippen LogP contribution >= 0.6 is 0 Å². The van der Waals surface area contributed by atoms with Gasteiger partial charge in [-0.05, 0) is 31.2 Å². The summed E-state index contributed by atoms with van der Waals surface area (Å²) in [4.78, 5) is 0. The van der Waals surface area contributed by atoms with Crippen molar-refractivity contribution < 1.29 is 8.95 Å². The molecule has 0 amide bonds. The third-order valence-corrected chi connectivity index (χ3v) is 4.36. The van der Waals surface area contributed by atoms with Gasteiger partial charge in [0.2, 0.25) is 0 Å². The second kappa shape index (κ2) is 5.97. The van der Waals surface area contributed by atoms with Crippen LogP contribution in [0.15, 0.2) is 0 Å². The highest BCUT2D eigenvalue weighted by Crippen LogP contribution is 2.19. The molecule has 0 aromatic heterocycles. The summed E-state index contributed by atoms with van der Waals surface area (Å²) < 4.78 is 17.2. The van der Waals surface area contributed by atoms with Crippen molar-refractivity contribution >= 4 is 10.8 Å². The fraction of sp³-hybridized carbons (Fsp3) is 1.00. The van der Waals surface area contributed by atoms with E-state index in [9.17, 15) is 4.21 Å². The molecular weight excluding hydrogens is 210 g/mol. The molecule has 2 N–H and O–H groups in total. The van der Waals surface area contributed by atoms with Crippen molar-refractivity contribution in [3.63, 3.8) is 0 Å². The fourth-order valence-electron chi connectivity index (χ4n) is 1.56. The monoisotopic (exact) mass is 233 g/mol. The van der Waals surface area contributed by atoms with Gasteiger partial charge in [0, 0.05) is 28.9 Å². The molecule has 3 nitrogen and oxygen atoms in total. The zero-order chi connectivity index (χ0) is 11.3. The van der Waals surface area contributed by atoms with Crippen LogP contribution in [0.25, 0.3) is 0 Å². The summed E-state index contributed by atoms with van der Waals surface area (Å²) in [6.45, 7) is 5.74. The summed E-state index contributed by atoms with van der Waals surface area (Å²) in [5.74, 6) is 1.46. The number of rotatable bonds is 6. The molecule has 1 aliphatic rings. The van der Waals surface area contributed by atoms with Crippen molar-refractivity contribution in [1.29, 1.82) is 0 Å². The molecule has 2 unspecified atom stereocenters. The van der Waals surface area contributed by atoms with Crippen molar-refractivity contribution in [2.45, 2.75) is 39.2 Å². The van der Waals surface area contributed by atoms with E-state index in [1.807, 2.05) is 0 Å². The van der Waals surface area contributed by atoms with Crippen LogP contribution in [0.5, 0.6) is 0 Å². The Kier molecular flexibility index (Phi) is 5.23. The van der Waals surface area contributed by atoms with E-state index in [0.29, 0.717) is 12.3 Å². The first-order valence-electron chi connectivity index (χ1n) is 5.70. The van der Waals surface area contributed by atoms with E-state index in [0.717, 1.165) is 31.6 Å². The summed E-state index contributed by atoms with van der Waals surface area (Å²) in [6.07, 6.45) is 3.37. The Morgan fingerprint density at radius 2 is 2.27 bits per heavy atom. The molecule has 1 aliphatic heterocycles. The topological polar surface area (TPSA) is 52.3 Å². The van der Waals surface area contributed by atoms with Gasteiger partial charge in [0.15, 0.2) is 0 Å². The summed E-state index contributed by atoms with van der Waals surface area (Å²) in [7, 11) is -0.738. The van der Waals surface area contributed by atoms with Crippen LogP contribution in [0.3, 0.4) is 0 Å². The van der Waals surface area contributed by atoms with Gasteiger partial charge >= 0.3 is 0 Å². The van der Waals surface area contributed by atoms with E-state index in [-0.39, 0.29) is 11.5 Å². The van der Waals surface area contributed by atoms with E-state index in [1.165, 1.54) is 0 Å². The zero-order valence-electron chi connectivity index (χ0n) is 9.83. The van der Waals surface area contributed by atoms with Gasteiger partial charge in [-0.3, -0.25) is 4.21 Å². The predicted molar refractivity (Wildman–Crippen MR) is 64.3 cm³/mol. The van der Waals surface area contributed by atoms with Crippen molar-refractivity contribution in [3.8, 4) is 0 Å². The quantitative estimate of drug-likeness (QED) is 0.752. The largest absolute Gasteiger partial charge is 0.377 e. The maximum atomic E-state index is 11.8. The van der Waals surface area contributed by atoms with E-state index < -0.39 is 10.8 Å². The summed E-state index contributed by atoms with van der Waals surface area (Å²) in [5, 5.41) is 0. The van der Waals surface area contributed by atoms with Crippen LogP contribution in [0, 0.1) is 5.41 Å². The summed E-state index contributed by atoms with van der Waals surface area (Å²) in [5.41, 5.74) is 5.75. The SMILES string of the molecule is CC(C)(CN)CCS(=O)CC1CCCO1. The lowest BCUT2D eigenvalue weighted by molar-refractivity contribution is 0.128. The molecular formula is C11H23NO2S. The number of hydrogen-bond donors (Lipinski definition) is 1. The van der Waals surface area contributed by atoms with E-state index >= 15 is 0 Å². The summed E-state index contributed by atoms with van der Waals surface area (Å²) >= 11 is 0. The highest BCUT2D eigenvalue weighted by Gasteiger charge is 2.21. The van der Waals surface area contributed by atoms with Crippen LogP contribution in [-0.4, -0.2) is 35.0 Å². The van der Waals surface area contributed by atoms with Gasteiger partial charge in [0.25, 0.3) is 0 Å². The Morgan fingerprint density at radius 1 is 1.53 bits per heavy atom. The molecule has 0 spiro atoms. The highest BCUT2D eigenvalue weighted by atomic mass is 32.2. The Morgan fingerprint density at radius 3 is 2.80 bits per heavy atom. The molecule has 0 aliphatic carbocycles. The van der Waals surface area contributed by atoms with Gasteiger partial charge < -0.3 is 10.5 Å². The molecule has 4 heteroatoms. The van der Waals surface area contributed by atoms with Gasteiger partial charge in [0.05, 0.1) is 6.10 Å². The van der Waals surface area contributed by atoms with Gasteiger partial charge in [-0.15, -0.1) is 0 Å². The zero-order valence-corrected chi connectivity index (χ0v) is 10.6. The minimum Gasteiger partial charge on any atom is -0.377 e. The van der Waals surface area contributed by atoms with Crippen molar-refractivity contribution in [1.82, 2.24) is 0 Å². The molecule has 0 aromatic rings. The lowest BCUT2D eigenvalue weighted by atomic mass is 9.91. The fourth-order valence-corrected chi connectivity index (χ4v) is 3.18. The molecule has 0 bridgehead atoms. The Labute approximate surface area is 95.2 Å². The van der Waals surface area contributed by atoms with Crippen molar-refractivity contribution in [2.24, 2.45) is 11.1 Å². The minimum absolute atomic E-state index is 0.117. The van der Waals surface area contributed by atoms with Crippen LogP contribution in [0.4, 0.5) is 0 Å². The first-order chi connectivity index (χ1) is 7.03. The minimum atomic E-state index is -0.738. The molecule has 2 atom stereocenters. The lowest BCUT2D eigenvalue weighted by Gasteiger charge is -2.22. The number of hydrogen-bond acceptors (Lipinski definition) is 3. The number of nitrogens with two attached hydrogens (primary N) is 1. The normalized spacial score (nSPS) is 24.3. The lowest BCUT2D eigenvalue weighted by Crippen LogP contribution is -2.27. The van der Waals surface area contributed by atoms with E-state index in [1.54, 1.807) is 0 Å². The Bertz CT molecular complexity index is 213. The molecule has 1 heterocycles. The van der Waals surface area contributed by atoms with E-state index in [4.69, 9.17) is 10.5 Å². The Hall–Kier alpha value is 0.0700. The van der Waals surface area contributed by atoms with Gasteiger partial charge in [-0.2, -0.15) is 0 Å². The van der Waals surface area contributed by atoms with Crippen LogP contribution in [0.2, 0.25) is 0 Å². The molecule has 1 rings (SSSR count). The maximum absolute atomic E-state index is 11.8. The average molecular weight is 233 g/mol. The third kappa shape index (κ3) is 5.09. The number of ether oxygens (including phenoxy) is 1. The van der Waals surface area contributed by atoms with Crippen LogP contribution in [0.1, 0.15) is 33.1 Å².